The van der Waals surface area contributed by atoms with Crippen molar-refractivity contribution in [3.8, 4) is 0 Å². The zero-order valence-corrected chi connectivity index (χ0v) is 65.0. The van der Waals surface area contributed by atoms with Crippen molar-refractivity contribution in [2.75, 3.05) is 39.6 Å². The molecule has 0 aromatic heterocycles. The molecule has 17 nitrogen and oxygen atoms in total. The lowest BCUT2D eigenvalue weighted by Gasteiger charge is -2.21. The van der Waals surface area contributed by atoms with E-state index in [0.717, 1.165) is 135 Å². The van der Waals surface area contributed by atoms with Gasteiger partial charge in [0.15, 0.2) is 12.2 Å². The van der Waals surface area contributed by atoms with Gasteiger partial charge in [0.2, 0.25) is 0 Å². The first-order valence-corrected chi connectivity index (χ1v) is 43.6. The molecular formula is C79H150O17P2. The second-order valence-corrected chi connectivity index (χ2v) is 30.6. The maximum absolute atomic E-state index is 13.1. The molecule has 0 aliphatic heterocycles. The summed E-state index contributed by atoms with van der Waals surface area (Å²) in [5.74, 6) is -2.14. The molecule has 0 spiro atoms. The maximum atomic E-state index is 13.1. The molecule has 5 atom stereocenters. The summed E-state index contributed by atoms with van der Waals surface area (Å²) in [5, 5.41) is 10.6. The number of phosphoric ester groups is 2. The molecule has 0 bridgehead atoms. The van der Waals surface area contributed by atoms with Crippen molar-refractivity contribution in [1.29, 1.82) is 0 Å². The predicted molar refractivity (Wildman–Crippen MR) is 400 cm³/mol. The lowest BCUT2D eigenvalue weighted by Crippen LogP contribution is -2.30. The van der Waals surface area contributed by atoms with E-state index in [4.69, 9.17) is 37.0 Å². The summed E-state index contributed by atoms with van der Waals surface area (Å²) in [4.78, 5) is 73.0. The third-order valence-corrected chi connectivity index (χ3v) is 19.8. The number of allylic oxidation sites excluding steroid dienone is 4. The van der Waals surface area contributed by atoms with Crippen molar-refractivity contribution in [1.82, 2.24) is 0 Å². The molecule has 0 amide bonds. The number of unbranched alkanes of at least 4 members (excludes halogenated alkanes) is 48. The van der Waals surface area contributed by atoms with E-state index in [0.29, 0.717) is 25.7 Å². The Kier molecular flexibility index (Phi) is 71.0. The van der Waals surface area contributed by atoms with Crippen LogP contribution in [0.5, 0.6) is 0 Å². The van der Waals surface area contributed by atoms with Crippen molar-refractivity contribution in [3.05, 3.63) is 24.3 Å². The minimum Gasteiger partial charge on any atom is -0.462 e. The first-order chi connectivity index (χ1) is 47.7. The quantitative estimate of drug-likeness (QED) is 0.0169. The second-order valence-electron chi connectivity index (χ2n) is 27.7. The van der Waals surface area contributed by atoms with Gasteiger partial charge in [-0.15, -0.1) is 0 Å². The van der Waals surface area contributed by atoms with Gasteiger partial charge in [-0.1, -0.05) is 322 Å². The van der Waals surface area contributed by atoms with Crippen LogP contribution in [-0.4, -0.2) is 96.7 Å². The topological polar surface area (TPSA) is 237 Å². The first kappa shape index (κ1) is 95.5. The van der Waals surface area contributed by atoms with Crippen molar-refractivity contribution in [3.63, 3.8) is 0 Å². The molecule has 0 heterocycles. The Bertz CT molecular complexity index is 1950. The van der Waals surface area contributed by atoms with E-state index in [-0.39, 0.29) is 25.7 Å². The number of phosphoric acid groups is 2. The molecule has 3 N–H and O–H groups in total. The Morgan fingerprint density at radius 1 is 0.276 bits per heavy atom. The lowest BCUT2D eigenvalue weighted by atomic mass is 10.0. The number of ether oxygens (including phenoxy) is 4. The second kappa shape index (κ2) is 72.9. The van der Waals surface area contributed by atoms with E-state index in [1.165, 1.54) is 186 Å². The molecule has 0 saturated heterocycles. The highest BCUT2D eigenvalue weighted by molar-refractivity contribution is 7.47. The molecule has 0 fully saturated rings. The van der Waals surface area contributed by atoms with Crippen LogP contribution in [0.3, 0.4) is 0 Å². The molecule has 0 saturated carbocycles. The highest BCUT2D eigenvalue weighted by Crippen LogP contribution is 2.45. The summed E-state index contributed by atoms with van der Waals surface area (Å²) in [6.45, 7) is 4.96. The molecule has 0 aromatic carbocycles. The molecule has 0 aliphatic carbocycles. The van der Waals surface area contributed by atoms with Gasteiger partial charge in [0.05, 0.1) is 26.4 Å². The van der Waals surface area contributed by atoms with Gasteiger partial charge in [-0.2, -0.15) is 0 Å². The van der Waals surface area contributed by atoms with Gasteiger partial charge in [-0.05, 0) is 77.0 Å². The van der Waals surface area contributed by atoms with E-state index in [9.17, 15) is 43.2 Å². The zero-order valence-electron chi connectivity index (χ0n) is 63.2. The van der Waals surface area contributed by atoms with Crippen LogP contribution in [0.25, 0.3) is 0 Å². The smallest absolute Gasteiger partial charge is 0.462 e. The first-order valence-electron chi connectivity index (χ1n) is 40.6. The van der Waals surface area contributed by atoms with Gasteiger partial charge in [0.25, 0.3) is 0 Å². The van der Waals surface area contributed by atoms with Crippen LogP contribution in [0, 0.1) is 0 Å². The van der Waals surface area contributed by atoms with Gasteiger partial charge in [0.1, 0.15) is 19.3 Å². The summed E-state index contributed by atoms with van der Waals surface area (Å²) >= 11 is 0. The molecule has 2 unspecified atom stereocenters. The van der Waals surface area contributed by atoms with Gasteiger partial charge >= 0.3 is 39.5 Å². The lowest BCUT2D eigenvalue weighted by molar-refractivity contribution is -0.161. The summed E-state index contributed by atoms with van der Waals surface area (Å²) in [6, 6.07) is 0. The molecule has 0 aliphatic rings. The summed E-state index contributed by atoms with van der Waals surface area (Å²) in [5.41, 5.74) is 0. The highest BCUT2D eigenvalue weighted by atomic mass is 31.2. The number of rotatable bonds is 78. The monoisotopic (exact) mass is 1430 g/mol. The van der Waals surface area contributed by atoms with Gasteiger partial charge in [-0.25, -0.2) is 9.13 Å². The number of hydrogen-bond acceptors (Lipinski definition) is 15. The Morgan fingerprint density at radius 2 is 0.469 bits per heavy atom. The molecule has 98 heavy (non-hydrogen) atoms. The summed E-state index contributed by atoms with van der Waals surface area (Å²) in [7, 11) is -9.93. The highest BCUT2D eigenvalue weighted by Gasteiger charge is 2.30. The molecular weight excluding hydrogens is 1280 g/mol. The Balaban J connectivity index is 5.29. The fraction of sp³-hybridized carbons (Fsp3) is 0.899. The van der Waals surface area contributed by atoms with E-state index in [1.807, 2.05) is 0 Å². The fourth-order valence-corrected chi connectivity index (χ4v) is 13.3. The largest absolute Gasteiger partial charge is 0.472 e. The Hall–Kier alpha value is -2.46. The standard InChI is InChI=1S/C79H150O17P2/c1-5-9-13-17-21-25-29-33-36-40-43-47-51-55-59-63-76(81)89-69-74(95-78(83)65-61-57-53-49-45-39-32-28-24-20-16-12-8-4)71-93-97(85,86)91-67-73(80)68-92-98(87,88)94-72-75(96-79(84)66-62-58-54-50-46-42-38-35-31-27-23-19-15-11-7-3)70-90-77(82)64-60-56-52-48-44-41-37-34-30-26-22-18-14-10-6-2/h27,31,34,37,73-75,80H,5-26,28-30,32-33,35-36,38-72H2,1-4H3,(H,85,86)(H,87,88)/b31-27-,37-34-/t73-,74+,75+/m0/s1. The van der Waals surface area contributed by atoms with E-state index < -0.39 is 97.5 Å². The van der Waals surface area contributed by atoms with Crippen LogP contribution in [0.15, 0.2) is 24.3 Å². The van der Waals surface area contributed by atoms with Crippen LogP contribution < -0.4 is 0 Å². The van der Waals surface area contributed by atoms with Crippen molar-refractivity contribution >= 4 is 39.5 Å². The molecule has 578 valence electrons. The average molecular weight is 1430 g/mol. The Labute approximate surface area is 599 Å². The SMILES string of the molecule is CCCCCC/C=C\CCCCCCCCCC(=O)O[C@H](COC(=O)CCCCCCC/C=C\CCCCCCCC)COP(=O)(O)OC[C@@H](O)COP(=O)(O)OC[C@@H](COC(=O)CCCCCCCCCCCCCCCCC)OC(=O)CCCCCCCCCCCCCCC. The van der Waals surface area contributed by atoms with E-state index in [2.05, 4.69) is 52.0 Å². The van der Waals surface area contributed by atoms with Crippen LogP contribution in [0.1, 0.15) is 400 Å². The fourth-order valence-electron chi connectivity index (χ4n) is 11.7. The van der Waals surface area contributed by atoms with E-state index >= 15 is 0 Å². The third-order valence-electron chi connectivity index (χ3n) is 17.9. The van der Waals surface area contributed by atoms with Gasteiger partial charge < -0.3 is 33.8 Å². The number of carbonyl (C=O) groups is 4. The van der Waals surface area contributed by atoms with Crippen LogP contribution >= 0.6 is 15.6 Å². The minimum absolute atomic E-state index is 0.0960. The number of aliphatic hydroxyl groups is 1. The maximum Gasteiger partial charge on any atom is 0.472 e. The van der Waals surface area contributed by atoms with Crippen molar-refractivity contribution in [2.45, 2.75) is 418 Å². The molecule has 19 heteroatoms. The number of carbonyl (C=O) groups excluding carboxylic acids is 4. The average Bonchev–Trinajstić information content (AvgIpc) is 0.984. The number of hydrogen-bond donors (Lipinski definition) is 3. The van der Waals surface area contributed by atoms with Crippen molar-refractivity contribution < 1.29 is 80.2 Å². The molecule has 0 radical (unpaired) electrons. The predicted octanol–water partition coefficient (Wildman–Crippen LogP) is 23.3. The molecule has 0 rings (SSSR count). The van der Waals surface area contributed by atoms with Crippen LogP contribution in [0.2, 0.25) is 0 Å². The third kappa shape index (κ3) is 71.9. The zero-order chi connectivity index (χ0) is 71.8. The van der Waals surface area contributed by atoms with E-state index in [1.54, 1.807) is 0 Å². The summed E-state index contributed by atoms with van der Waals surface area (Å²) < 4.78 is 68.6. The van der Waals surface area contributed by atoms with Crippen LogP contribution in [-0.2, 0) is 65.4 Å². The van der Waals surface area contributed by atoms with Crippen LogP contribution in [0.4, 0.5) is 0 Å². The summed E-state index contributed by atoms with van der Waals surface area (Å²) in [6.07, 6.45) is 67.2. The van der Waals surface area contributed by atoms with Gasteiger partial charge in [-0.3, -0.25) is 37.3 Å². The number of aliphatic hydroxyl groups excluding tert-OH is 1. The Morgan fingerprint density at radius 3 is 0.714 bits per heavy atom. The van der Waals surface area contributed by atoms with Crippen molar-refractivity contribution in [2.24, 2.45) is 0 Å². The minimum atomic E-state index is -4.97. The normalized spacial score (nSPS) is 14.0. The molecule has 0 aromatic rings. The van der Waals surface area contributed by atoms with Gasteiger partial charge in [0, 0.05) is 25.7 Å². The number of esters is 4.